The highest BCUT2D eigenvalue weighted by molar-refractivity contribution is 6.99. The summed E-state index contributed by atoms with van der Waals surface area (Å²) in [6.07, 6.45) is 0. The van der Waals surface area contributed by atoms with E-state index >= 15 is 0 Å². The number of fused-ring (bicyclic) bond motifs is 4. The molecule has 11 rings (SSSR count). The van der Waals surface area contributed by atoms with Crippen molar-refractivity contribution in [2.24, 2.45) is 0 Å². The first-order chi connectivity index (χ1) is 28.3. The molecule has 57 heavy (non-hydrogen) atoms. The molecule has 5 heteroatoms. The molecule has 1 aromatic heterocycles. The summed E-state index contributed by atoms with van der Waals surface area (Å²) in [6, 6.07) is 77.7. The van der Waals surface area contributed by atoms with Crippen molar-refractivity contribution in [1.29, 1.82) is 0 Å². The van der Waals surface area contributed by atoms with Gasteiger partial charge in [0, 0.05) is 51.1 Å². The van der Waals surface area contributed by atoms with Crippen LogP contribution in [-0.2, 0) is 0 Å². The predicted molar refractivity (Wildman–Crippen MR) is 238 cm³/mol. The number of benzene rings is 8. The van der Waals surface area contributed by atoms with Gasteiger partial charge in [-0.1, -0.05) is 146 Å². The van der Waals surface area contributed by atoms with E-state index in [-0.39, 0.29) is 6.71 Å². The fourth-order valence-electron chi connectivity index (χ4n) is 8.84. The molecule has 3 heterocycles. The molecule has 2 aliphatic heterocycles. The van der Waals surface area contributed by atoms with Gasteiger partial charge in [0.2, 0.25) is 0 Å². The lowest BCUT2D eigenvalue weighted by atomic mass is 9.35. The third-order valence-electron chi connectivity index (χ3n) is 11.2. The summed E-state index contributed by atoms with van der Waals surface area (Å²) >= 11 is 0. The van der Waals surface area contributed by atoms with Crippen molar-refractivity contribution in [2.45, 2.75) is 0 Å². The Hall–Kier alpha value is -7.50. The van der Waals surface area contributed by atoms with E-state index in [0.29, 0.717) is 0 Å². The van der Waals surface area contributed by atoms with Gasteiger partial charge >= 0.3 is 0 Å². The van der Waals surface area contributed by atoms with Crippen LogP contribution in [0.5, 0.6) is 0 Å². The van der Waals surface area contributed by atoms with Gasteiger partial charge in [0.1, 0.15) is 5.76 Å². The van der Waals surface area contributed by atoms with Gasteiger partial charge in [0.15, 0.2) is 0 Å². The molecule has 0 saturated heterocycles. The first kappa shape index (κ1) is 32.9. The van der Waals surface area contributed by atoms with Crippen LogP contribution in [0.1, 0.15) is 0 Å². The van der Waals surface area contributed by atoms with Crippen LogP contribution in [0.2, 0.25) is 0 Å². The molecule has 268 valence electrons. The standard InChI is InChI=1S/C52H36BN3O/c1-7-20-37(21-8-1)48-50-52(57-51(48)38-22-9-2-10-23-38)53-44-35-34-43(54(39-24-11-3-12-25-39)40-26-13-4-14-27-40)36-47(44)55(41-28-15-5-16-29-41)45-32-19-33-46(49(45)53)56(50)42-30-17-6-18-31-42/h1-36H. The number of para-hydroxylation sites is 4. The molecule has 2 aliphatic rings. The molecular weight excluding hydrogens is 693 g/mol. The molecule has 0 bridgehead atoms. The lowest BCUT2D eigenvalue weighted by Crippen LogP contribution is -2.61. The molecule has 9 aromatic rings. The maximum atomic E-state index is 7.42. The minimum atomic E-state index is -0.183. The van der Waals surface area contributed by atoms with Gasteiger partial charge < -0.3 is 19.1 Å². The van der Waals surface area contributed by atoms with Crippen LogP contribution < -0.4 is 31.3 Å². The third-order valence-corrected chi connectivity index (χ3v) is 11.2. The van der Waals surface area contributed by atoms with Crippen LogP contribution in [0.4, 0.5) is 51.2 Å². The van der Waals surface area contributed by atoms with Gasteiger partial charge in [-0.2, -0.15) is 0 Å². The molecule has 0 unspecified atom stereocenters. The number of nitrogens with zero attached hydrogens (tertiary/aromatic N) is 3. The van der Waals surface area contributed by atoms with E-state index in [0.717, 1.165) is 79.3 Å². The molecule has 4 nitrogen and oxygen atoms in total. The van der Waals surface area contributed by atoms with Gasteiger partial charge in [-0.3, -0.25) is 0 Å². The van der Waals surface area contributed by atoms with E-state index in [1.165, 1.54) is 10.9 Å². The molecular formula is C52H36BN3O. The van der Waals surface area contributed by atoms with E-state index in [1.807, 2.05) is 0 Å². The van der Waals surface area contributed by atoms with E-state index < -0.39 is 0 Å². The van der Waals surface area contributed by atoms with Crippen LogP contribution in [0.15, 0.2) is 223 Å². The zero-order valence-electron chi connectivity index (χ0n) is 31.1. The Morgan fingerprint density at radius 2 is 0.895 bits per heavy atom. The second-order valence-corrected chi connectivity index (χ2v) is 14.5. The van der Waals surface area contributed by atoms with Crippen molar-refractivity contribution >= 4 is 74.5 Å². The van der Waals surface area contributed by atoms with Crippen molar-refractivity contribution in [3.05, 3.63) is 218 Å². The molecule has 0 spiro atoms. The second-order valence-electron chi connectivity index (χ2n) is 14.5. The maximum absolute atomic E-state index is 7.42. The quantitative estimate of drug-likeness (QED) is 0.152. The summed E-state index contributed by atoms with van der Waals surface area (Å²) in [7, 11) is 0. The molecule has 0 saturated carbocycles. The van der Waals surface area contributed by atoms with Crippen molar-refractivity contribution in [3.8, 4) is 22.5 Å². The zero-order valence-corrected chi connectivity index (χ0v) is 31.1. The Morgan fingerprint density at radius 1 is 0.404 bits per heavy atom. The van der Waals surface area contributed by atoms with Crippen LogP contribution in [0.3, 0.4) is 0 Å². The van der Waals surface area contributed by atoms with Crippen LogP contribution in [0, 0.1) is 0 Å². The maximum Gasteiger partial charge on any atom is 0.297 e. The van der Waals surface area contributed by atoms with Gasteiger partial charge in [-0.05, 0) is 89.3 Å². The number of rotatable bonds is 7. The topological polar surface area (TPSA) is 22.9 Å². The monoisotopic (exact) mass is 729 g/mol. The minimum Gasteiger partial charge on any atom is -0.467 e. The fraction of sp³-hybridized carbons (Fsp3) is 0. The SMILES string of the molecule is c1ccc(-c2oc3c(c2-c2ccccc2)N(c2ccccc2)c2cccc4c2B3c2ccc(N(c3ccccc3)c3ccccc3)cc2N4c2ccccc2)cc1. The smallest absolute Gasteiger partial charge is 0.297 e. The summed E-state index contributed by atoms with van der Waals surface area (Å²) in [5.74, 6) is 0.866. The average Bonchev–Trinajstić information content (AvgIpc) is 3.68. The summed E-state index contributed by atoms with van der Waals surface area (Å²) in [5, 5.41) is 0. The highest BCUT2D eigenvalue weighted by atomic mass is 16.3. The van der Waals surface area contributed by atoms with Gasteiger partial charge in [0.05, 0.1) is 16.9 Å². The zero-order chi connectivity index (χ0) is 37.7. The van der Waals surface area contributed by atoms with Crippen molar-refractivity contribution in [3.63, 3.8) is 0 Å². The highest BCUT2D eigenvalue weighted by Gasteiger charge is 2.47. The van der Waals surface area contributed by atoms with Gasteiger partial charge in [0.25, 0.3) is 6.71 Å². The third kappa shape index (κ3) is 5.39. The minimum absolute atomic E-state index is 0.183. The number of anilines is 9. The first-order valence-electron chi connectivity index (χ1n) is 19.5. The van der Waals surface area contributed by atoms with E-state index in [2.05, 4.69) is 233 Å². The van der Waals surface area contributed by atoms with Crippen LogP contribution >= 0.6 is 0 Å². The molecule has 0 aliphatic carbocycles. The van der Waals surface area contributed by atoms with Gasteiger partial charge in [-0.15, -0.1) is 0 Å². The summed E-state index contributed by atoms with van der Waals surface area (Å²) in [6.45, 7) is -0.183. The Labute approximate surface area is 333 Å². The molecule has 0 fully saturated rings. The Bertz CT molecular complexity index is 2810. The van der Waals surface area contributed by atoms with E-state index in [1.54, 1.807) is 0 Å². The largest absolute Gasteiger partial charge is 0.467 e. The molecule has 0 amide bonds. The second kappa shape index (κ2) is 13.7. The normalized spacial score (nSPS) is 12.5. The predicted octanol–water partition coefficient (Wildman–Crippen LogP) is 12.2. The Kier molecular flexibility index (Phi) is 7.89. The van der Waals surface area contributed by atoms with Crippen molar-refractivity contribution in [2.75, 3.05) is 14.7 Å². The molecule has 0 N–H and O–H groups in total. The summed E-state index contributed by atoms with van der Waals surface area (Å²) in [5.41, 5.74) is 16.5. The van der Waals surface area contributed by atoms with Crippen LogP contribution in [0.25, 0.3) is 22.5 Å². The van der Waals surface area contributed by atoms with Crippen molar-refractivity contribution < 1.29 is 4.42 Å². The Balaban J connectivity index is 1.23. The molecule has 0 atom stereocenters. The van der Waals surface area contributed by atoms with Crippen LogP contribution in [-0.4, -0.2) is 6.71 Å². The number of furan rings is 1. The average molecular weight is 730 g/mol. The Morgan fingerprint density at radius 3 is 1.47 bits per heavy atom. The lowest BCUT2D eigenvalue weighted by Gasteiger charge is -2.43. The summed E-state index contributed by atoms with van der Waals surface area (Å²) < 4.78 is 7.42. The lowest BCUT2D eigenvalue weighted by molar-refractivity contribution is 0.616. The molecule has 8 aromatic carbocycles. The van der Waals surface area contributed by atoms with Crippen molar-refractivity contribution in [1.82, 2.24) is 0 Å². The number of hydrogen-bond donors (Lipinski definition) is 0. The molecule has 0 radical (unpaired) electrons. The van der Waals surface area contributed by atoms with E-state index in [4.69, 9.17) is 4.42 Å². The van der Waals surface area contributed by atoms with Gasteiger partial charge in [-0.25, -0.2) is 0 Å². The first-order valence-corrected chi connectivity index (χ1v) is 19.5. The fourth-order valence-corrected chi connectivity index (χ4v) is 8.84. The number of hydrogen-bond acceptors (Lipinski definition) is 4. The summed E-state index contributed by atoms with van der Waals surface area (Å²) in [4.78, 5) is 7.21. The highest BCUT2D eigenvalue weighted by Crippen LogP contribution is 2.50. The van der Waals surface area contributed by atoms with E-state index in [9.17, 15) is 0 Å².